The molecule has 0 saturated carbocycles. The topological polar surface area (TPSA) is 38.8 Å². The number of nitrogens with zero attached hydrogens (tertiary/aromatic N) is 1. The molecule has 25 heavy (non-hydrogen) atoms. The molecule has 0 radical (unpaired) electrons. The predicted octanol–water partition coefficient (Wildman–Crippen LogP) is 4.58. The molecule has 0 aliphatic carbocycles. The lowest BCUT2D eigenvalue weighted by atomic mass is 10.1. The predicted molar refractivity (Wildman–Crippen MR) is 100 cm³/mol. The van der Waals surface area contributed by atoms with Crippen LogP contribution in [0.25, 0.3) is 0 Å². The molecule has 2 aromatic rings. The van der Waals surface area contributed by atoms with E-state index in [9.17, 15) is 4.79 Å². The lowest BCUT2D eigenvalue weighted by molar-refractivity contribution is 0.0749. The third-order valence-corrected chi connectivity index (χ3v) is 5.04. The first-order valence-corrected chi connectivity index (χ1v) is 9.40. The molecule has 0 atom stereocenters. The molecule has 2 aromatic carbocycles. The van der Waals surface area contributed by atoms with Gasteiger partial charge < -0.3 is 14.4 Å². The van der Waals surface area contributed by atoms with E-state index in [1.165, 1.54) is 0 Å². The van der Waals surface area contributed by atoms with Gasteiger partial charge in [-0.3, -0.25) is 4.79 Å². The Hall–Kier alpha value is -2.14. The number of fused-ring (bicyclic) bond motifs is 1. The van der Waals surface area contributed by atoms with Gasteiger partial charge in [0, 0.05) is 23.2 Å². The van der Waals surface area contributed by atoms with Crippen molar-refractivity contribution in [3.8, 4) is 11.5 Å². The van der Waals surface area contributed by atoms with Crippen LogP contribution in [0.1, 0.15) is 36.7 Å². The van der Waals surface area contributed by atoms with Crippen LogP contribution >= 0.6 is 11.8 Å². The van der Waals surface area contributed by atoms with Gasteiger partial charge in [0.25, 0.3) is 5.91 Å². The Labute approximate surface area is 153 Å². The number of hydrogen-bond acceptors (Lipinski definition) is 4. The molecule has 5 heteroatoms. The van der Waals surface area contributed by atoms with Gasteiger partial charge in [0.1, 0.15) is 0 Å². The van der Waals surface area contributed by atoms with Gasteiger partial charge in [0.15, 0.2) is 11.5 Å². The number of thioether (sulfide) groups is 1. The number of hydrogen-bond donors (Lipinski definition) is 0. The molecule has 0 fully saturated rings. The number of ether oxygens (including phenoxy) is 2. The van der Waals surface area contributed by atoms with Crippen molar-refractivity contribution in [2.45, 2.75) is 37.5 Å². The summed E-state index contributed by atoms with van der Waals surface area (Å²) in [5, 5.41) is 0.429. The van der Waals surface area contributed by atoms with E-state index in [1.807, 2.05) is 54.3 Å². The van der Waals surface area contributed by atoms with Crippen molar-refractivity contribution in [3.63, 3.8) is 0 Å². The van der Waals surface area contributed by atoms with Crippen molar-refractivity contribution in [1.29, 1.82) is 0 Å². The van der Waals surface area contributed by atoms with E-state index in [0.717, 1.165) is 27.5 Å². The maximum absolute atomic E-state index is 13.1. The maximum Gasteiger partial charge on any atom is 0.255 e. The standard InChI is InChI=1S/C20H23NO3S/c1-4-21(12-15-9-10-17-18(11-15)24-13-23-17)20(22)16-7-5-6-8-19(16)25-14(2)3/h5-11,14H,4,12-13H2,1-3H3. The first-order valence-electron chi connectivity index (χ1n) is 8.52. The van der Waals surface area contributed by atoms with Crippen molar-refractivity contribution in [2.75, 3.05) is 13.3 Å². The van der Waals surface area contributed by atoms with E-state index in [2.05, 4.69) is 13.8 Å². The van der Waals surface area contributed by atoms with Crippen molar-refractivity contribution in [3.05, 3.63) is 53.6 Å². The van der Waals surface area contributed by atoms with Crippen LogP contribution < -0.4 is 9.47 Å². The quantitative estimate of drug-likeness (QED) is 0.710. The van der Waals surface area contributed by atoms with Gasteiger partial charge in [-0.1, -0.05) is 32.0 Å². The highest BCUT2D eigenvalue weighted by Gasteiger charge is 2.20. The monoisotopic (exact) mass is 357 g/mol. The molecule has 1 heterocycles. The molecular formula is C20H23NO3S. The number of carbonyl (C=O) groups is 1. The highest BCUT2D eigenvalue weighted by molar-refractivity contribution is 8.00. The lowest BCUT2D eigenvalue weighted by Gasteiger charge is -2.23. The largest absolute Gasteiger partial charge is 0.454 e. The van der Waals surface area contributed by atoms with Gasteiger partial charge >= 0.3 is 0 Å². The zero-order valence-corrected chi connectivity index (χ0v) is 15.6. The third kappa shape index (κ3) is 4.10. The Morgan fingerprint density at radius 3 is 2.68 bits per heavy atom. The van der Waals surface area contributed by atoms with E-state index < -0.39 is 0 Å². The van der Waals surface area contributed by atoms with Gasteiger partial charge in [0.05, 0.1) is 5.56 Å². The Morgan fingerprint density at radius 2 is 1.92 bits per heavy atom. The zero-order chi connectivity index (χ0) is 17.8. The van der Waals surface area contributed by atoms with Crippen molar-refractivity contribution < 1.29 is 14.3 Å². The number of carbonyl (C=O) groups excluding carboxylic acids is 1. The molecule has 0 N–H and O–H groups in total. The number of amides is 1. The summed E-state index contributed by atoms with van der Waals surface area (Å²) in [6, 6.07) is 13.7. The molecule has 1 aliphatic rings. The molecule has 1 aliphatic heterocycles. The fraction of sp³-hybridized carbons (Fsp3) is 0.350. The van der Waals surface area contributed by atoms with Gasteiger partial charge in [-0.05, 0) is 36.8 Å². The van der Waals surface area contributed by atoms with Crippen molar-refractivity contribution >= 4 is 17.7 Å². The smallest absolute Gasteiger partial charge is 0.255 e. The van der Waals surface area contributed by atoms with Gasteiger partial charge in [-0.15, -0.1) is 11.8 Å². The fourth-order valence-corrected chi connectivity index (χ4v) is 3.70. The molecule has 1 amide bonds. The summed E-state index contributed by atoms with van der Waals surface area (Å²) >= 11 is 1.72. The van der Waals surface area contributed by atoms with E-state index in [1.54, 1.807) is 11.8 Å². The van der Waals surface area contributed by atoms with Gasteiger partial charge in [-0.2, -0.15) is 0 Å². The zero-order valence-electron chi connectivity index (χ0n) is 14.8. The van der Waals surface area contributed by atoms with Gasteiger partial charge in [-0.25, -0.2) is 0 Å². The van der Waals surface area contributed by atoms with Crippen LogP contribution in [-0.4, -0.2) is 29.4 Å². The van der Waals surface area contributed by atoms with E-state index >= 15 is 0 Å². The minimum absolute atomic E-state index is 0.0592. The van der Waals surface area contributed by atoms with E-state index in [-0.39, 0.29) is 12.7 Å². The Balaban J connectivity index is 1.80. The highest BCUT2D eigenvalue weighted by atomic mass is 32.2. The second-order valence-electron chi connectivity index (χ2n) is 6.17. The summed E-state index contributed by atoms with van der Waals surface area (Å²) in [5.74, 6) is 1.57. The van der Waals surface area contributed by atoms with Crippen LogP contribution in [0.15, 0.2) is 47.4 Å². The van der Waals surface area contributed by atoms with Crippen LogP contribution in [0, 0.1) is 0 Å². The first kappa shape index (κ1) is 17.7. The number of rotatable bonds is 6. The van der Waals surface area contributed by atoms with Crippen LogP contribution in [0.3, 0.4) is 0 Å². The summed E-state index contributed by atoms with van der Waals surface area (Å²) < 4.78 is 10.8. The SMILES string of the molecule is CCN(Cc1ccc2c(c1)OCO2)C(=O)c1ccccc1SC(C)C. The van der Waals surface area contributed by atoms with Crippen LogP contribution in [0.2, 0.25) is 0 Å². The summed E-state index contributed by atoms with van der Waals surface area (Å²) in [5.41, 5.74) is 1.80. The second kappa shape index (κ2) is 7.83. The normalized spacial score (nSPS) is 12.5. The molecule has 4 nitrogen and oxygen atoms in total. The fourth-order valence-electron chi connectivity index (χ4n) is 2.76. The molecule has 132 valence electrons. The van der Waals surface area contributed by atoms with Gasteiger partial charge in [0.2, 0.25) is 6.79 Å². The maximum atomic E-state index is 13.1. The molecular weight excluding hydrogens is 334 g/mol. The highest BCUT2D eigenvalue weighted by Crippen LogP contribution is 2.33. The second-order valence-corrected chi connectivity index (χ2v) is 7.79. The number of benzene rings is 2. The van der Waals surface area contributed by atoms with Crippen LogP contribution in [-0.2, 0) is 6.54 Å². The third-order valence-electron chi connectivity index (χ3n) is 3.96. The minimum Gasteiger partial charge on any atom is -0.454 e. The molecule has 0 unspecified atom stereocenters. The summed E-state index contributed by atoms with van der Waals surface area (Å²) in [4.78, 5) is 16.0. The van der Waals surface area contributed by atoms with Crippen molar-refractivity contribution in [2.24, 2.45) is 0 Å². The van der Waals surface area contributed by atoms with Crippen LogP contribution in [0.4, 0.5) is 0 Å². The van der Waals surface area contributed by atoms with E-state index in [0.29, 0.717) is 18.3 Å². The first-order chi connectivity index (χ1) is 12.1. The molecule has 0 aromatic heterocycles. The van der Waals surface area contributed by atoms with Crippen LogP contribution in [0.5, 0.6) is 11.5 Å². The molecule has 0 bridgehead atoms. The minimum atomic E-state index is 0.0592. The molecule has 0 spiro atoms. The Morgan fingerprint density at radius 1 is 1.16 bits per heavy atom. The lowest BCUT2D eigenvalue weighted by Crippen LogP contribution is -2.30. The summed E-state index contributed by atoms with van der Waals surface area (Å²) in [6.07, 6.45) is 0. The average molecular weight is 357 g/mol. The Bertz CT molecular complexity index is 760. The summed E-state index contributed by atoms with van der Waals surface area (Å²) in [7, 11) is 0. The Kier molecular flexibility index (Phi) is 5.53. The van der Waals surface area contributed by atoms with Crippen molar-refractivity contribution in [1.82, 2.24) is 4.90 Å². The van der Waals surface area contributed by atoms with E-state index in [4.69, 9.17) is 9.47 Å². The average Bonchev–Trinajstić information content (AvgIpc) is 3.07. The molecule has 0 saturated heterocycles. The molecule has 3 rings (SSSR count). The summed E-state index contributed by atoms with van der Waals surface area (Å²) in [6.45, 7) is 7.73.